The van der Waals surface area contributed by atoms with Crippen molar-refractivity contribution in [1.29, 1.82) is 0 Å². The van der Waals surface area contributed by atoms with Crippen LogP contribution < -0.4 is 0 Å². The van der Waals surface area contributed by atoms with E-state index in [2.05, 4.69) is 4.90 Å². The van der Waals surface area contributed by atoms with Gasteiger partial charge in [-0.05, 0) is 19.1 Å². The van der Waals surface area contributed by atoms with Gasteiger partial charge in [0.05, 0.1) is 5.56 Å². The maximum Gasteiger partial charge on any atom is 0.219 e. The van der Waals surface area contributed by atoms with Crippen LogP contribution in [0.5, 0.6) is 11.5 Å². The quantitative estimate of drug-likeness (QED) is 0.845. The molecule has 1 aliphatic rings. The Balaban J connectivity index is 2.09. The molecule has 1 aromatic rings. The van der Waals surface area contributed by atoms with E-state index in [9.17, 15) is 15.0 Å². The molecule has 1 aliphatic heterocycles. The second-order valence-corrected chi connectivity index (χ2v) is 4.93. The van der Waals surface area contributed by atoms with Gasteiger partial charge in [-0.3, -0.25) is 9.69 Å². The molecule has 2 rings (SSSR count). The first kappa shape index (κ1) is 13.7. The first-order valence-corrected chi connectivity index (χ1v) is 6.51. The number of nitrogens with zero attached hydrogens (tertiary/aromatic N) is 2. The van der Waals surface area contributed by atoms with Crippen molar-refractivity contribution in [3.05, 3.63) is 23.8 Å². The summed E-state index contributed by atoms with van der Waals surface area (Å²) in [6, 6.07) is 4.71. The number of carbonyl (C=O) groups is 1. The molecular formula is C14H20N2O3. The van der Waals surface area contributed by atoms with Crippen LogP contribution in [0.25, 0.3) is 0 Å². The van der Waals surface area contributed by atoms with Gasteiger partial charge in [-0.25, -0.2) is 0 Å². The average molecular weight is 264 g/mol. The zero-order valence-electron chi connectivity index (χ0n) is 11.3. The fourth-order valence-corrected chi connectivity index (χ4v) is 2.58. The van der Waals surface area contributed by atoms with Crippen molar-refractivity contribution in [2.24, 2.45) is 0 Å². The number of aromatic hydroxyl groups is 2. The summed E-state index contributed by atoms with van der Waals surface area (Å²) >= 11 is 0. The average Bonchev–Trinajstić information content (AvgIpc) is 2.38. The summed E-state index contributed by atoms with van der Waals surface area (Å²) in [6.07, 6.45) is 0. The maximum absolute atomic E-state index is 11.3. The van der Waals surface area contributed by atoms with Crippen LogP contribution in [0, 0.1) is 0 Å². The maximum atomic E-state index is 11.3. The fourth-order valence-electron chi connectivity index (χ4n) is 2.58. The highest BCUT2D eigenvalue weighted by Gasteiger charge is 2.26. The zero-order valence-corrected chi connectivity index (χ0v) is 11.3. The molecule has 19 heavy (non-hydrogen) atoms. The number of rotatable bonds is 2. The third kappa shape index (κ3) is 2.81. The van der Waals surface area contributed by atoms with Crippen LogP contribution in [0.4, 0.5) is 0 Å². The van der Waals surface area contributed by atoms with E-state index in [0.29, 0.717) is 18.7 Å². The van der Waals surface area contributed by atoms with Crippen molar-refractivity contribution in [3.8, 4) is 11.5 Å². The molecule has 1 unspecified atom stereocenters. The summed E-state index contributed by atoms with van der Waals surface area (Å²) in [5, 5.41) is 19.8. The van der Waals surface area contributed by atoms with E-state index in [1.165, 1.54) is 0 Å². The third-order valence-electron chi connectivity index (χ3n) is 3.79. The molecule has 5 heteroatoms. The number of piperazine rings is 1. The van der Waals surface area contributed by atoms with Crippen molar-refractivity contribution >= 4 is 5.91 Å². The van der Waals surface area contributed by atoms with E-state index >= 15 is 0 Å². The standard InChI is InChI=1S/C14H20N2O3/c1-10(14-12(18)4-3-5-13(14)19)15-6-8-16(9-7-15)11(2)17/h3-5,10,18-19H,6-9H2,1-2H3. The number of phenols is 2. The van der Waals surface area contributed by atoms with Crippen LogP contribution in [-0.4, -0.2) is 52.1 Å². The molecule has 1 atom stereocenters. The molecule has 5 nitrogen and oxygen atoms in total. The fraction of sp³-hybridized carbons (Fsp3) is 0.500. The molecule has 1 aromatic carbocycles. The van der Waals surface area contributed by atoms with E-state index in [4.69, 9.17) is 0 Å². The Morgan fingerprint density at radius 2 is 1.68 bits per heavy atom. The highest BCUT2D eigenvalue weighted by atomic mass is 16.3. The van der Waals surface area contributed by atoms with Gasteiger partial charge >= 0.3 is 0 Å². The van der Waals surface area contributed by atoms with Gasteiger partial charge in [0.25, 0.3) is 0 Å². The highest BCUT2D eigenvalue weighted by Crippen LogP contribution is 2.35. The van der Waals surface area contributed by atoms with Crippen molar-refractivity contribution in [1.82, 2.24) is 9.80 Å². The lowest BCUT2D eigenvalue weighted by atomic mass is 10.0. The van der Waals surface area contributed by atoms with Crippen LogP contribution in [-0.2, 0) is 4.79 Å². The lowest BCUT2D eigenvalue weighted by Gasteiger charge is -2.38. The molecule has 1 fully saturated rings. The summed E-state index contributed by atoms with van der Waals surface area (Å²) in [5.74, 6) is 0.320. The minimum Gasteiger partial charge on any atom is -0.507 e. The normalized spacial score (nSPS) is 18.3. The summed E-state index contributed by atoms with van der Waals surface area (Å²) in [5.41, 5.74) is 0.554. The smallest absolute Gasteiger partial charge is 0.219 e. The minimum absolute atomic E-state index is 0.0738. The monoisotopic (exact) mass is 264 g/mol. The molecule has 1 heterocycles. The number of carbonyl (C=O) groups excluding carboxylic acids is 1. The molecule has 0 saturated carbocycles. The second kappa shape index (κ2) is 5.48. The van der Waals surface area contributed by atoms with Crippen LogP contribution in [0.15, 0.2) is 18.2 Å². The minimum atomic E-state index is -0.0738. The Morgan fingerprint density at radius 1 is 1.16 bits per heavy atom. The molecular weight excluding hydrogens is 244 g/mol. The molecule has 0 bridgehead atoms. The van der Waals surface area contributed by atoms with E-state index in [1.54, 1.807) is 25.1 Å². The van der Waals surface area contributed by atoms with Gasteiger partial charge in [0, 0.05) is 39.1 Å². The molecule has 1 saturated heterocycles. The summed E-state index contributed by atoms with van der Waals surface area (Å²) in [7, 11) is 0. The largest absolute Gasteiger partial charge is 0.507 e. The van der Waals surface area contributed by atoms with Gasteiger partial charge in [0.15, 0.2) is 0 Å². The van der Waals surface area contributed by atoms with Gasteiger partial charge in [0.1, 0.15) is 11.5 Å². The Morgan fingerprint density at radius 3 is 2.16 bits per heavy atom. The van der Waals surface area contributed by atoms with Gasteiger partial charge in [-0.1, -0.05) is 6.07 Å². The number of hydrogen-bond donors (Lipinski definition) is 2. The summed E-state index contributed by atoms with van der Waals surface area (Å²) < 4.78 is 0. The second-order valence-electron chi connectivity index (χ2n) is 4.93. The Labute approximate surface area is 113 Å². The number of amides is 1. The predicted molar refractivity (Wildman–Crippen MR) is 72.0 cm³/mol. The molecule has 104 valence electrons. The Kier molecular flexibility index (Phi) is 3.95. The van der Waals surface area contributed by atoms with E-state index < -0.39 is 0 Å². The molecule has 1 amide bonds. The van der Waals surface area contributed by atoms with E-state index in [-0.39, 0.29) is 23.4 Å². The summed E-state index contributed by atoms with van der Waals surface area (Å²) in [6.45, 7) is 6.40. The Hall–Kier alpha value is -1.75. The van der Waals surface area contributed by atoms with Crippen LogP contribution in [0.3, 0.4) is 0 Å². The first-order chi connectivity index (χ1) is 9.00. The molecule has 0 aliphatic carbocycles. The topological polar surface area (TPSA) is 64.0 Å². The summed E-state index contributed by atoms with van der Waals surface area (Å²) in [4.78, 5) is 15.3. The molecule has 2 N–H and O–H groups in total. The third-order valence-corrected chi connectivity index (χ3v) is 3.79. The van der Waals surface area contributed by atoms with Crippen LogP contribution in [0.1, 0.15) is 25.5 Å². The van der Waals surface area contributed by atoms with Crippen molar-refractivity contribution in [3.63, 3.8) is 0 Å². The SMILES string of the molecule is CC(=O)N1CCN(C(C)c2c(O)cccc2O)CC1. The number of phenolic OH excluding ortho intramolecular Hbond substituents is 2. The van der Waals surface area contributed by atoms with Crippen LogP contribution in [0.2, 0.25) is 0 Å². The Bertz CT molecular complexity index is 448. The molecule has 0 aromatic heterocycles. The lowest BCUT2D eigenvalue weighted by molar-refractivity contribution is -0.130. The van der Waals surface area contributed by atoms with Gasteiger partial charge in [0.2, 0.25) is 5.91 Å². The zero-order chi connectivity index (χ0) is 14.0. The van der Waals surface area contributed by atoms with Crippen molar-refractivity contribution in [2.45, 2.75) is 19.9 Å². The molecule has 0 radical (unpaired) electrons. The van der Waals surface area contributed by atoms with Crippen molar-refractivity contribution in [2.75, 3.05) is 26.2 Å². The lowest BCUT2D eigenvalue weighted by Crippen LogP contribution is -2.48. The van der Waals surface area contributed by atoms with Gasteiger partial charge < -0.3 is 15.1 Å². The first-order valence-electron chi connectivity index (χ1n) is 6.51. The van der Waals surface area contributed by atoms with E-state index in [0.717, 1.165) is 13.1 Å². The number of hydrogen-bond acceptors (Lipinski definition) is 4. The van der Waals surface area contributed by atoms with Gasteiger partial charge in [-0.15, -0.1) is 0 Å². The van der Waals surface area contributed by atoms with Gasteiger partial charge in [-0.2, -0.15) is 0 Å². The van der Waals surface area contributed by atoms with E-state index in [1.807, 2.05) is 11.8 Å². The predicted octanol–water partition coefficient (Wildman–Crippen LogP) is 1.32. The number of benzene rings is 1. The van der Waals surface area contributed by atoms with Crippen LogP contribution >= 0.6 is 0 Å². The van der Waals surface area contributed by atoms with Crippen molar-refractivity contribution < 1.29 is 15.0 Å². The molecule has 0 spiro atoms. The highest BCUT2D eigenvalue weighted by molar-refractivity contribution is 5.73.